The SMILES string of the molecule is CC(=O)CCCC(O)c1cccc(OCC2CCCCC2)c1.CCCC(O)(CO)c1cccc(OCC2CCCCC2)c1.CCCC(O)c1cccc(OCC2CCC2)c1.CCCC(O)c1cccc(OCC2CCCC2)c1.CC[C@@H](C)[C@@H](O)c1cccc(OCC2CCCC2)c1.COCCOCCOCC(=O)CCCC(O)c1cccc(OCC2CCCCC2)c1. The second-order valence-electron chi connectivity index (χ2n) is 37.0. The van der Waals surface area contributed by atoms with Gasteiger partial charge >= 0.3 is 0 Å². The molecule has 18 heteroatoms. The van der Waals surface area contributed by atoms with E-state index in [0.717, 1.165) is 170 Å². The molecular formula is C109H166O18. The van der Waals surface area contributed by atoms with E-state index in [1.807, 2.05) is 153 Å². The van der Waals surface area contributed by atoms with Crippen LogP contribution in [0.15, 0.2) is 146 Å². The van der Waals surface area contributed by atoms with Crippen molar-refractivity contribution < 1.29 is 88.0 Å². The minimum absolute atomic E-state index is 0.0451. The van der Waals surface area contributed by atoms with Crippen molar-refractivity contribution in [2.75, 3.05) is 86.4 Å². The molecule has 0 aromatic heterocycles. The van der Waals surface area contributed by atoms with Gasteiger partial charge in [-0.1, -0.05) is 223 Å². The van der Waals surface area contributed by atoms with Crippen LogP contribution < -0.4 is 28.4 Å². The first kappa shape index (κ1) is 107. The Morgan fingerprint density at radius 1 is 0.378 bits per heavy atom. The molecule has 127 heavy (non-hydrogen) atoms. The van der Waals surface area contributed by atoms with Crippen molar-refractivity contribution >= 4 is 11.6 Å². The van der Waals surface area contributed by atoms with Gasteiger partial charge in [-0.3, -0.25) is 4.79 Å². The highest BCUT2D eigenvalue weighted by molar-refractivity contribution is 5.79. The van der Waals surface area contributed by atoms with Gasteiger partial charge in [0.2, 0.25) is 0 Å². The zero-order valence-corrected chi connectivity index (χ0v) is 79.0. The maximum absolute atomic E-state index is 11.9. The third-order valence-corrected chi connectivity index (χ3v) is 26.0. The summed E-state index contributed by atoms with van der Waals surface area (Å²) >= 11 is 0. The Balaban J connectivity index is 0.000000211. The fourth-order valence-corrected chi connectivity index (χ4v) is 17.4. The van der Waals surface area contributed by atoms with Crippen LogP contribution in [0.4, 0.5) is 0 Å². The van der Waals surface area contributed by atoms with E-state index < -0.39 is 17.8 Å². The molecule has 0 radical (unpaired) electrons. The minimum Gasteiger partial charge on any atom is -0.493 e. The fraction of sp³-hybridized carbons (Fsp3) is 0.651. The number of hydrogen-bond acceptors (Lipinski definition) is 18. The predicted octanol–water partition coefficient (Wildman–Crippen LogP) is 24.3. The van der Waals surface area contributed by atoms with E-state index in [0.29, 0.717) is 82.7 Å². The summed E-state index contributed by atoms with van der Waals surface area (Å²) in [7, 11) is 1.62. The zero-order valence-electron chi connectivity index (χ0n) is 79.0. The van der Waals surface area contributed by atoms with Gasteiger partial charge in [0.1, 0.15) is 52.5 Å². The highest BCUT2D eigenvalue weighted by atomic mass is 16.5. The highest BCUT2D eigenvalue weighted by Crippen LogP contribution is 2.36. The number of hydrogen-bond donors (Lipinski definition) is 7. The normalized spacial score (nSPS) is 17.7. The van der Waals surface area contributed by atoms with E-state index in [4.69, 9.17) is 42.6 Å². The molecule has 6 aliphatic carbocycles. The molecule has 0 amide bonds. The fourth-order valence-electron chi connectivity index (χ4n) is 17.4. The molecule has 6 fully saturated rings. The number of carbonyl (C=O) groups is 2. The third-order valence-electron chi connectivity index (χ3n) is 26.0. The Morgan fingerprint density at radius 3 is 1.01 bits per heavy atom. The van der Waals surface area contributed by atoms with Crippen LogP contribution in [0, 0.1) is 41.4 Å². The van der Waals surface area contributed by atoms with Crippen molar-refractivity contribution in [3.63, 3.8) is 0 Å². The van der Waals surface area contributed by atoms with Gasteiger partial charge in [0.25, 0.3) is 0 Å². The van der Waals surface area contributed by atoms with Crippen molar-refractivity contribution in [1.82, 2.24) is 0 Å². The Kier molecular flexibility index (Phi) is 53.9. The van der Waals surface area contributed by atoms with Gasteiger partial charge in [-0.05, 0) is 277 Å². The molecule has 6 saturated carbocycles. The summed E-state index contributed by atoms with van der Waals surface area (Å²) in [5.41, 5.74) is 4.22. The lowest BCUT2D eigenvalue weighted by molar-refractivity contribution is -0.124. The monoisotopic (exact) mass is 1760 g/mol. The van der Waals surface area contributed by atoms with Crippen molar-refractivity contribution in [1.29, 1.82) is 0 Å². The van der Waals surface area contributed by atoms with E-state index in [2.05, 4.69) is 27.7 Å². The predicted molar refractivity (Wildman–Crippen MR) is 509 cm³/mol. The maximum atomic E-state index is 11.9. The van der Waals surface area contributed by atoms with Gasteiger partial charge in [0.15, 0.2) is 5.78 Å². The number of ketones is 2. The molecule has 0 spiro atoms. The summed E-state index contributed by atoms with van der Waals surface area (Å²) < 4.78 is 50.8. The number of aliphatic hydroxyl groups excluding tert-OH is 6. The van der Waals surface area contributed by atoms with Crippen LogP contribution in [-0.2, 0) is 29.4 Å². The topological polar surface area (TPSA) is 259 Å². The lowest BCUT2D eigenvalue weighted by Gasteiger charge is -2.27. The van der Waals surface area contributed by atoms with E-state index in [9.17, 15) is 45.3 Å². The molecular weight excluding hydrogens is 1600 g/mol. The third kappa shape index (κ3) is 43.8. The van der Waals surface area contributed by atoms with E-state index in [-0.39, 0.29) is 49.0 Å². The molecule has 0 bridgehead atoms. The molecule has 5 unspecified atom stereocenters. The second kappa shape index (κ2) is 64.0. The van der Waals surface area contributed by atoms with Crippen LogP contribution in [-0.4, -0.2) is 134 Å². The molecule has 7 N–H and O–H groups in total. The van der Waals surface area contributed by atoms with E-state index in [1.165, 1.54) is 167 Å². The van der Waals surface area contributed by atoms with Gasteiger partial charge in [-0.15, -0.1) is 0 Å². The van der Waals surface area contributed by atoms with Crippen LogP contribution in [0.2, 0.25) is 0 Å². The summed E-state index contributed by atoms with van der Waals surface area (Å²) in [5.74, 6) is 9.84. The van der Waals surface area contributed by atoms with Crippen molar-refractivity contribution in [3.05, 3.63) is 179 Å². The van der Waals surface area contributed by atoms with Gasteiger partial charge in [-0.25, -0.2) is 0 Å². The zero-order chi connectivity index (χ0) is 90.9. The minimum atomic E-state index is -1.15. The average molecular weight is 1760 g/mol. The summed E-state index contributed by atoms with van der Waals surface area (Å²) in [6.07, 6.45) is 41.3. The van der Waals surface area contributed by atoms with Crippen molar-refractivity contribution in [2.24, 2.45) is 41.4 Å². The molecule has 6 aromatic rings. The average Bonchev–Trinajstić information content (AvgIpc) is 1.72. The second-order valence-corrected chi connectivity index (χ2v) is 37.0. The Morgan fingerprint density at radius 2 is 0.685 bits per heavy atom. The van der Waals surface area contributed by atoms with Gasteiger partial charge in [0, 0.05) is 20.0 Å². The van der Waals surface area contributed by atoms with E-state index in [1.54, 1.807) is 14.0 Å². The molecule has 6 aromatic carbocycles. The summed E-state index contributed by atoms with van der Waals surface area (Å²) in [5, 5.41) is 70.8. The van der Waals surface area contributed by atoms with Gasteiger partial charge in [-0.2, -0.15) is 0 Å². The van der Waals surface area contributed by atoms with Crippen LogP contribution in [0.5, 0.6) is 34.5 Å². The number of carbonyl (C=O) groups excluding carboxylic acids is 2. The first-order chi connectivity index (χ1) is 61.8. The molecule has 18 nitrogen and oxygen atoms in total. The number of methoxy groups -OCH3 is 1. The number of benzene rings is 6. The van der Waals surface area contributed by atoms with Crippen molar-refractivity contribution in [2.45, 2.75) is 328 Å². The molecule has 0 saturated heterocycles. The summed E-state index contributed by atoms with van der Waals surface area (Å²) in [6.45, 7) is 18.5. The van der Waals surface area contributed by atoms with E-state index >= 15 is 0 Å². The van der Waals surface area contributed by atoms with Crippen LogP contribution >= 0.6 is 0 Å². The molecule has 12 rings (SSSR count). The quantitative estimate of drug-likeness (QED) is 0.0175. The van der Waals surface area contributed by atoms with Crippen LogP contribution in [0.1, 0.15) is 356 Å². The number of rotatable bonds is 49. The molecule has 6 aliphatic rings. The van der Waals surface area contributed by atoms with Gasteiger partial charge < -0.3 is 83.2 Å². The van der Waals surface area contributed by atoms with Crippen LogP contribution in [0.3, 0.4) is 0 Å². The highest BCUT2D eigenvalue weighted by Gasteiger charge is 2.29. The Labute approximate surface area is 764 Å². The number of aliphatic hydroxyl groups is 7. The lowest BCUT2D eigenvalue weighted by atomic mass is 9.86. The molecule has 7 atom stereocenters. The summed E-state index contributed by atoms with van der Waals surface area (Å²) in [4.78, 5) is 22.8. The summed E-state index contributed by atoms with van der Waals surface area (Å²) in [6, 6.07) is 46.7. The number of ether oxygens (including phenoxy) is 9. The van der Waals surface area contributed by atoms with Gasteiger partial charge in [0.05, 0.1) is 103 Å². The lowest BCUT2D eigenvalue weighted by Crippen LogP contribution is -2.30. The molecule has 710 valence electrons. The number of Topliss-reactive ketones (excluding diaryl/α,β-unsaturated/α-hetero) is 2. The maximum Gasteiger partial charge on any atom is 0.158 e. The first-order valence-electron chi connectivity index (χ1n) is 49.6. The largest absolute Gasteiger partial charge is 0.493 e. The Hall–Kier alpha value is -6.94. The first-order valence-corrected chi connectivity index (χ1v) is 49.6. The molecule has 0 aliphatic heterocycles. The van der Waals surface area contributed by atoms with Crippen LogP contribution in [0.25, 0.3) is 0 Å². The Bertz CT molecular complexity index is 3820. The molecule has 0 heterocycles. The smallest absolute Gasteiger partial charge is 0.158 e. The standard InChI is InChI=1S/C24H38O6.C19H28O3.C18H28O3.C17H26O2.C16H24O2.C15H22O2/c1-27-13-14-28-15-16-29-19-22(25)10-6-12-24(26)21-9-5-11-23(17-21)30-18-20-7-3-2-4-8-20;1-15(20)7-5-12-19(21)17-10-6-11-18(13-17)22-14-16-8-3-2-4-9-16;1-2-11-18(20,14-19)16-9-6-10-17(12-16)21-13-15-7-4-3-5-8-15;1-3-13(2)17(18)15-9-6-10-16(11-15)19-12-14-7-4-5-8-14;1-2-6-16(17)14-9-5-10-15(11-14)18-12-13-7-3-4-8-13;1-2-5-15(16)13-8-4-9-14(10-13)17-11-12-6-3-7-12/h5,9,11,17,20,24,26H,2-4,6-8,10,12-16,18-19H2,1H3;6,10-11,13,16,19,21H,2-5,7-9,12,14H2,1H3;6,9-10,12,15,19-20H,2-5,7-8,11,13-14H2,1H3;6,9-11,13-14,17-18H,3-5,7-8,12H2,1-2H3;5,9-11,13,16-17H,2-4,6-8,12H2,1H3;4,8-10,12,15-16H,2-3,5-7,11H2,1H3/t;;;13-,17-;;/m...1../s1. The van der Waals surface area contributed by atoms with Crippen molar-refractivity contribution in [3.8, 4) is 34.5 Å².